The molecule has 11 heavy (non-hydrogen) atoms. The van der Waals surface area contributed by atoms with Gasteiger partial charge in [0.1, 0.15) is 6.10 Å². The quantitative estimate of drug-likeness (QED) is 0.814. The molecule has 1 heterocycles. The van der Waals surface area contributed by atoms with Crippen LogP contribution in [-0.4, -0.2) is 15.5 Å². The van der Waals surface area contributed by atoms with Crippen molar-refractivity contribution in [3.8, 4) is 0 Å². The maximum Gasteiger partial charge on any atom is 0.106 e. The van der Waals surface area contributed by atoms with Crippen molar-refractivity contribution in [1.29, 1.82) is 0 Å². The monoisotopic (exact) mass is 236 g/mol. The van der Waals surface area contributed by atoms with Gasteiger partial charge in [0.2, 0.25) is 0 Å². The van der Waals surface area contributed by atoms with Crippen LogP contribution in [0, 0.1) is 0 Å². The molecule has 2 atom stereocenters. The number of halogens is 1. The molecule has 0 saturated carbocycles. The smallest absolute Gasteiger partial charge is 0.106 e. The fourth-order valence-corrected chi connectivity index (χ4v) is 2.09. The molecule has 2 unspecified atom stereocenters. The minimum absolute atomic E-state index is 0.258. The van der Waals surface area contributed by atoms with Crippen LogP contribution in [0.5, 0.6) is 0 Å². The Morgan fingerprint density at radius 2 is 2.45 bits per heavy atom. The number of aliphatic hydroxyl groups excluding tert-OH is 1. The van der Waals surface area contributed by atoms with E-state index in [2.05, 4.69) is 20.3 Å². The first kappa shape index (κ1) is 9.12. The normalized spacial score (nSPS) is 16.4. The van der Waals surface area contributed by atoms with Gasteiger partial charge in [-0.1, -0.05) is 0 Å². The van der Waals surface area contributed by atoms with Crippen LogP contribution in [0.2, 0.25) is 0 Å². The molecule has 0 bridgehead atoms. The van der Waals surface area contributed by atoms with Crippen molar-refractivity contribution >= 4 is 27.5 Å². The van der Waals surface area contributed by atoms with Gasteiger partial charge in [0, 0.05) is 6.04 Å². The second-order valence-electron chi connectivity index (χ2n) is 2.34. The van der Waals surface area contributed by atoms with Crippen LogP contribution in [0.25, 0.3) is 0 Å². The number of aliphatic hydroxyl groups is 1. The third-order valence-corrected chi connectivity index (χ3v) is 3.08. The molecule has 5 heteroatoms. The molecule has 62 valence electrons. The van der Waals surface area contributed by atoms with Gasteiger partial charge in [-0.15, -0.1) is 0 Å². The van der Waals surface area contributed by atoms with Gasteiger partial charge in [-0.2, -0.15) is 4.37 Å². The molecule has 0 aromatic carbocycles. The summed E-state index contributed by atoms with van der Waals surface area (Å²) in [6.45, 7) is 1.76. The summed E-state index contributed by atoms with van der Waals surface area (Å²) >= 11 is 4.53. The first-order valence-corrected chi connectivity index (χ1v) is 4.73. The molecule has 0 spiro atoms. The van der Waals surface area contributed by atoms with Crippen molar-refractivity contribution in [2.24, 2.45) is 5.73 Å². The number of nitrogens with zero attached hydrogens (tertiary/aromatic N) is 1. The topological polar surface area (TPSA) is 59.1 Å². The Morgan fingerprint density at radius 1 is 1.82 bits per heavy atom. The van der Waals surface area contributed by atoms with Crippen LogP contribution in [0.15, 0.2) is 10.7 Å². The van der Waals surface area contributed by atoms with Crippen molar-refractivity contribution in [2.45, 2.75) is 19.1 Å². The van der Waals surface area contributed by atoms with Gasteiger partial charge in [-0.25, -0.2) is 0 Å². The summed E-state index contributed by atoms with van der Waals surface area (Å²) in [7, 11) is 0. The Hall–Kier alpha value is 0.0300. The number of aromatic nitrogens is 1. The van der Waals surface area contributed by atoms with E-state index in [1.165, 1.54) is 11.5 Å². The van der Waals surface area contributed by atoms with Crippen molar-refractivity contribution in [2.75, 3.05) is 0 Å². The molecule has 0 aliphatic heterocycles. The van der Waals surface area contributed by atoms with Gasteiger partial charge in [0.25, 0.3) is 0 Å². The minimum Gasteiger partial charge on any atom is -0.386 e. The summed E-state index contributed by atoms with van der Waals surface area (Å²) in [6, 6.07) is -0.258. The largest absolute Gasteiger partial charge is 0.386 e. The highest BCUT2D eigenvalue weighted by Gasteiger charge is 2.17. The number of hydrogen-bond acceptors (Lipinski definition) is 4. The average Bonchev–Trinajstić information content (AvgIpc) is 2.33. The summed E-state index contributed by atoms with van der Waals surface area (Å²) in [5, 5.41) is 9.48. The molecule has 0 aliphatic rings. The zero-order chi connectivity index (χ0) is 8.43. The first-order valence-electron chi connectivity index (χ1n) is 3.16. The van der Waals surface area contributed by atoms with Crippen LogP contribution in [0.3, 0.4) is 0 Å². The Balaban J connectivity index is 2.84. The lowest BCUT2D eigenvalue weighted by atomic mass is 10.2. The molecule has 0 fully saturated rings. The van der Waals surface area contributed by atoms with Gasteiger partial charge in [-0.05, 0) is 34.4 Å². The first-order chi connectivity index (χ1) is 5.13. The zero-order valence-electron chi connectivity index (χ0n) is 5.99. The minimum atomic E-state index is -0.614. The molecule has 1 rings (SSSR count). The van der Waals surface area contributed by atoms with Crippen molar-refractivity contribution in [3.05, 3.63) is 15.5 Å². The Bertz CT molecular complexity index is 238. The van der Waals surface area contributed by atoms with E-state index in [1.807, 2.05) is 0 Å². The Kier molecular flexibility index (Phi) is 3.00. The third-order valence-electron chi connectivity index (χ3n) is 1.32. The van der Waals surface area contributed by atoms with Gasteiger partial charge in [0.15, 0.2) is 0 Å². The molecular weight excluding hydrogens is 228 g/mol. The predicted molar refractivity (Wildman–Crippen MR) is 48.4 cm³/mol. The summed E-state index contributed by atoms with van der Waals surface area (Å²) in [6.07, 6.45) is 1.04. The standard InChI is InChI=1S/C6H9BrN2OS/c1-3(8)5(10)6-4(7)2-9-11-6/h2-3,5,10H,8H2,1H3. The third kappa shape index (κ3) is 1.99. The predicted octanol–water partition coefficient (Wildman–Crippen LogP) is 1.29. The second kappa shape index (κ2) is 3.62. The van der Waals surface area contributed by atoms with Crippen molar-refractivity contribution in [1.82, 2.24) is 4.37 Å². The molecule has 1 aromatic heterocycles. The molecule has 0 saturated heterocycles. The lowest BCUT2D eigenvalue weighted by molar-refractivity contribution is 0.156. The SMILES string of the molecule is CC(N)C(O)c1sncc1Br. The van der Waals surface area contributed by atoms with Crippen molar-refractivity contribution < 1.29 is 5.11 Å². The summed E-state index contributed by atoms with van der Waals surface area (Å²) < 4.78 is 4.73. The maximum absolute atomic E-state index is 9.48. The molecule has 0 amide bonds. The lowest BCUT2D eigenvalue weighted by Crippen LogP contribution is -2.23. The van der Waals surface area contributed by atoms with E-state index < -0.39 is 6.10 Å². The van der Waals surface area contributed by atoms with Gasteiger partial charge in [0.05, 0.1) is 15.5 Å². The highest BCUT2D eigenvalue weighted by Crippen LogP contribution is 2.27. The van der Waals surface area contributed by atoms with E-state index in [1.54, 1.807) is 13.1 Å². The van der Waals surface area contributed by atoms with E-state index in [4.69, 9.17) is 5.73 Å². The summed E-state index contributed by atoms with van der Waals surface area (Å²) in [5.74, 6) is 0. The highest BCUT2D eigenvalue weighted by molar-refractivity contribution is 9.10. The average molecular weight is 237 g/mol. The van der Waals surface area contributed by atoms with Crippen LogP contribution in [0.4, 0.5) is 0 Å². The molecule has 1 aromatic rings. The molecule has 3 N–H and O–H groups in total. The van der Waals surface area contributed by atoms with Gasteiger partial charge in [-0.3, -0.25) is 0 Å². The molecule has 3 nitrogen and oxygen atoms in total. The Morgan fingerprint density at radius 3 is 2.82 bits per heavy atom. The molecule has 0 radical (unpaired) electrons. The van der Waals surface area contributed by atoms with E-state index in [0.717, 1.165) is 9.35 Å². The molecule has 0 aliphatic carbocycles. The summed E-state index contributed by atoms with van der Waals surface area (Å²) in [5.41, 5.74) is 5.50. The van der Waals surface area contributed by atoms with Crippen LogP contribution >= 0.6 is 27.5 Å². The second-order valence-corrected chi connectivity index (χ2v) is 4.03. The fraction of sp³-hybridized carbons (Fsp3) is 0.500. The van der Waals surface area contributed by atoms with E-state index in [-0.39, 0.29) is 6.04 Å². The molecular formula is C6H9BrN2OS. The van der Waals surface area contributed by atoms with Crippen LogP contribution in [0.1, 0.15) is 17.9 Å². The van der Waals surface area contributed by atoms with Gasteiger partial charge >= 0.3 is 0 Å². The van der Waals surface area contributed by atoms with Crippen LogP contribution < -0.4 is 5.73 Å². The zero-order valence-corrected chi connectivity index (χ0v) is 8.39. The summed E-state index contributed by atoms with van der Waals surface area (Å²) in [4.78, 5) is 0.792. The number of rotatable bonds is 2. The van der Waals surface area contributed by atoms with Gasteiger partial charge < -0.3 is 10.8 Å². The number of hydrogen-bond donors (Lipinski definition) is 2. The Labute approximate surface area is 77.5 Å². The highest BCUT2D eigenvalue weighted by atomic mass is 79.9. The van der Waals surface area contributed by atoms with Crippen molar-refractivity contribution in [3.63, 3.8) is 0 Å². The van der Waals surface area contributed by atoms with E-state index >= 15 is 0 Å². The number of nitrogens with two attached hydrogens (primary N) is 1. The fourth-order valence-electron chi connectivity index (χ4n) is 0.671. The van der Waals surface area contributed by atoms with E-state index in [0.29, 0.717) is 0 Å². The van der Waals surface area contributed by atoms with E-state index in [9.17, 15) is 5.11 Å². The lowest BCUT2D eigenvalue weighted by Gasteiger charge is -2.11. The maximum atomic E-state index is 9.48. The van der Waals surface area contributed by atoms with Crippen LogP contribution in [-0.2, 0) is 0 Å².